The second-order valence-corrected chi connectivity index (χ2v) is 6.84. The lowest BCUT2D eigenvalue weighted by molar-refractivity contribution is -0.384. The summed E-state index contributed by atoms with van der Waals surface area (Å²) in [4.78, 5) is 34.9. The van der Waals surface area contributed by atoms with Gasteiger partial charge in [-0.05, 0) is 31.2 Å². The van der Waals surface area contributed by atoms with Crippen molar-refractivity contribution in [2.24, 2.45) is 0 Å². The number of non-ortho nitro benzene ring substituents is 1. The van der Waals surface area contributed by atoms with Crippen LogP contribution in [-0.4, -0.2) is 35.1 Å². The highest BCUT2D eigenvalue weighted by atomic mass is 32.2. The average Bonchev–Trinajstić information content (AvgIpc) is 2.66. The second-order valence-electron chi connectivity index (χ2n) is 5.42. The summed E-state index contributed by atoms with van der Waals surface area (Å²) in [5.74, 6) is -0.351. The van der Waals surface area contributed by atoms with Gasteiger partial charge in [-0.2, -0.15) is 0 Å². The Morgan fingerprint density at radius 2 is 1.65 bits per heavy atom. The van der Waals surface area contributed by atoms with E-state index in [1.807, 2.05) is 6.07 Å². The lowest BCUT2D eigenvalue weighted by Gasteiger charge is -2.12. The molecule has 2 amide bonds. The molecule has 2 aromatic rings. The summed E-state index contributed by atoms with van der Waals surface area (Å²) in [6.07, 6.45) is 0. The van der Waals surface area contributed by atoms with Crippen molar-refractivity contribution in [1.29, 1.82) is 0 Å². The van der Waals surface area contributed by atoms with E-state index < -0.39 is 4.92 Å². The zero-order chi connectivity index (χ0) is 18.9. The molecule has 0 fully saturated rings. The summed E-state index contributed by atoms with van der Waals surface area (Å²) in [6.45, 7) is 2.40. The van der Waals surface area contributed by atoms with Crippen LogP contribution in [0.25, 0.3) is 0 Å². The molecule has 0 radical (unpaired) electrons. The minimum absolute atomic E-state index is 0.0145. The molecule has 8 heteroatoms. The topological polar surface area (TPSA) is 101 Å². The number of carbonyl (C=O) groups is 2. The Labute approximate surface area is 155 Å². The number of nitro benzene ring substituents is 1. The Morgan fingerprint density at radius 1 is 1.04 bits per heavy atom. The van der Waals surface area contributed by atoms with Crippen molar-refractivity contribution in [2.45, 2.75) is 17.1 Å². The van der Waals surface area contributed by atoms with E-state index in [9.17, 15) is 19.7 Å². The third kappa shape index (κ3) is 5.89. The fourth-order valence-corrected chi connectivity index (χ4v) is 2.99. The molecule has 1 atom stereocenters. The number of thioether (sulfide) groups is 1. The van der Waals surface area contributed by atoms with E-state index >= 15 is 0 Å². The maximum atomic E-state index is 12.1. The van der Waals surface area contributed by atoms with E-state index in [4.69, 9.17) is 0 Å². The lowest BCUT2D eigenvalue weighted by Crippen LogP contribution is -2.37. The van der Waals surface area contributed by atoms with Crippen molar-refractivity contribution in [2.75, 3.05) is 13.1 Å². The third-order valence-corrected chi connectivity index (χ3v) is 4.59. The highest BCUT2D eigenvalue weighted by Crippen LogP contribution is 2.25. The standard InChI is InChI=1S/C18H19N3O4S/c1-13(26-16-9-7-15(8-10-16)21(24)25)17(22)19-11-12-20-18(23)14-5-3-2-4-6-14/h2-10,13H,11-12H2,1H3,(H,19,22)(H,20,23). The molecule has 0 bridgehead atoms. The van der Waals surface area contributed by atoms with Crippen LogP contribution < -0.4 is 10.6 Å². The molecule has 0 aromatic heterocycles. The van der Waals surface area contributed by atoms with Gasteiger partial charge in [0.1, 0.15) is 0 Å². The van der Waals surface area contributed by atoms with Crippen molar-refractivity contribution in [1.82, 2.24) is 10.6 Å². The summed E-state index contributed by atoms with van der Waals surface area (Å²) in [5.41, 5.74) is 0.585. The number of hydrogen-bond donors (Lipinski definition) is 2. The van der Waals surface area contributed by atoms with Crippen LogP contribution in [0.1, 0.15) is 17.3 Å². The van der Waals surface area contributed by atoms with Crippen LogP contribution in [-0.2, 0) is 4.79 Å². The van der Waals surface area contributed by atoms with Crippen LogP contribution in [0.15, 0.2) is 59.5 Å². The smallest absolute Gasteiger partial charge is 0.269 e. The van der Waals surface area contributed by atoms with E-state index in [2.05, 4.69) is 10.6 Å². The van der Waals surface area contributed by atoms with E-state index in [-0.39, 0.29) is 22.8 Å². The van der Waals surface area contributed by atoms with Gasteiger partial charge in [-0.15, -0.1) is 11.8 Å². The van der Waals surface area contributed by atoms with E-state index in [1.165, 1.54) is 23.9 Å². The van der Waals surface area contributed by atoms with Crippen LogP contribution in [0, 0.1) is 10.1 Å². The maximum Gasteiger partial charge on any atom is 0.269 e. The zero-order valence-corrected chi connectivity index (χ0v) is 15.0. The molecule has 7 nitrogen and oxygen atoms in total. The Bertz CT molecular complexity index is 766. The molecule has 26 heavy (non-hydrogen) atoms. The summed E-state index contributed by atoms with van der Waals surface area (Å²) >= 11 is 1.31. The van der Waals surface area contributed by atoms with Crippen LogP contribution >= 0.6 is 11.8 Å². The number of carbonyl (C=O) groups excluding carboxylic acids is 2. The minimum Gasteiger partial charge on any atom is -0.353 e. The van der Waals surface area contributed by atoms with Gasteiger partial charge in [0.2, 0.25) is 5.91 Å². The van der Waals surface area contributed by atoms with E-state index in [1.54, 1.807) is 43.3 Å². The van der Waals surface area contributed by atoms with Crippen molar-refractivity contribution in [3.05, 3.63) is 70.3 Å². The first-order valence-corrected chi connectivity index (χ1v) is 8.87. The fraction of sp³-hybridized carbons (Fsp3) is 0.222. The summed E-state index contributed by atoms with van der Waals surface area (Å²) in [7, 11) is 0. The summed E-state index contributed by atoms with van der Waals surface area (Å²) in [6, 6.07) is 14.9. The minimum atomic E-state index is -0.464. The van der Waals surface area contributed by atoms with Gasteiger partial charge in [0, 0.05) is 35.7 Å². The molecule has 0 heterocycles. The first kappa shape index (κ1) is 19.5. The first-order valence-electron chi connectivity index (χ1n) is 7.99. The SMILES string of the molecule is CC(Sc1ccc([N+](=O)[O-])cc1)C(=O)NCCNC(=O)c1ccccc1. The van der Waals surface area contributed by atoms with E-state index in [0.29, 0.717) is 18.7 Å². The molecule has 1 unspecified atom stereocenters. The van der Waals surface area contributed by atoms with Crippen LogP contribution in [0.3, 0.4) is 0 Å². The van der Waals surface area contributed by atoms with Gasteiger partial charge in [-0.3, -0.25) is 19.7 Å². The number of nitro groups is 1. The van der Waals surface area contributed by atoms with Gasteiger partial charge in [0.05, 0.1) is 10.2 Å². The third-order valence-electron chi connectivity index (χ3n) is 3.48. The second kappa shape index (κ2) is 9.57. The highest BCUT2D eigenvalue weighted by Gasteiger charge is 2.15. The Balaban J connectivity index is 1.71. The first-order chi connectivity index (χ1) is 12.5. The Morgan fingerprint density at radius 3 is 2.27 bits per heavy atom. The molecular formula is C18H19N3O4S. The molecule has 0 saturated heterocycles. The fourth-order valence-electron chi connectivity index (χ4n) is 2.10. The highest BCUT2D eigenvalue weighted by molar-refractivity contribution is 8.00. The summed E-state index contributed by atoms with van der Waals surface area (Å²) in [5, 5.41) is 15.8. The molecular weight excluding hydrogens is 354 g/mol. The van der Waals surface area contributed by atoms with Crippen LogP contribution in [0.4, 0.5) is 5.69 Å². The molecule has 136 valence electrons. The molecule has 0 spiro atoms. The number of rotatable bonds is 8. The number of nitrogens with one attached hydrogen (secondary N) is 2. The molecule has 0 aliphatic carbocycles. The van der Waals surface area contributed by atoms with Crippen molar-refractivity contribution < 1.29 is 14.5 Å². The number of benzene rings is 2. The molecule has 2 aromatic carbocycles. The van der Waals surface area contributed by atoms with Gasteiger partial charge >= 0.3 is 0 Å². The Kier molecular flexibility index (Phi) is 7.16. The maximum absolute atomic E-state index is 12.1. The molecule has 0 aliphatic rings. The monoisotopic (exact) mass is 373 g/mol. The van der Waals surface area contributed by atoms with Crippen molar-refractivity contribution >= 4 is 29.3 Å². The normalized spacial score (nSPS) is 11.4. The van der Waals surface area contributed by atoms with Gasteiger partial charge in [-0.25, -0.2) is 0 Å². The van der Waals surface area contributed by atoms with Gasteiger partial charge < -0.3 is 10.6 Å². The largest absolute Gasteiger partial charge is 0.353 e. The molecule has 2 N–H and O–H groups in total. The Hall–Kier alpha value is -2.87. The average molecular weight is 373 g/mol. The molecule has 0 saturated carbocycles. The summed E-state index contributed by atoms with van der Waals surface area (Å²) < 4.78 is 0. The predicted molar refractivity (Wildman–Crippen MR) is 100 cm³/mol. The lowest BCUT2D eigenvalue weighted by atomic mass is 10.2. The van der Waals surface area contributed by atoms with Crippen LogP contribution in [0.5, 0.6) is 0 Å². The quantitative estimate of drug-likeness (QED) is 0.321. The van der Waals surface area contributed by atoms with Gasteiger partial charge in [0.15, 0.2) is 0 Å². The van der Waals surface area contributed by atoms with Gasteiger partial charge in [-0.1, -0.05) is 18.2 Å². The zero-order valence-electron chi connectivity index (χ0n) is 14.2. The molecule has 2 rings (SSSR count). The van der Waals surface area contributed by atoms with Gasteiger partial charge in [0.25, 0.3) is 11.6 Å². The van der Waals surface area contributed by atoms with Crippen molar-refractivity contribution in [3.8, 4) is 0 Å². The molecule has 0 aliphatic heterocycles. The number of hydrogen-bond acceptors (Lipinski definition) is 5. The number of amides is 2. The van der Waals surface area contributed by atoms with Crippen molar-refractivity contribution in [3.63, 3.8) is 0 Å². The predicted octanol–water partition coefficient (Wildman–Crippen LogP) is 2.62. The van der Waals surface area contributed by atoms with E-state index in [0.717, 1.165) is 4.90 Å². The van der Waals surface area contributed by atoms with Crippen LogP contribution in [0.2, 0.25) is 0 Å². The number of nitrogens with zero attached hydrogens (tertiary/aromatic N) is 1.